The number of sulfonamides is 1. The summed E-state index contributed by atoms with van der Waals surface area (Å²) in [6, 6.07) is 3.63. The minimum Gasteiger partial charge on any atom is -0.490 e. The summed E-state index contributed by atoms with van der Waals surface area (Å²) in [5.74, 6) is -0.317. The molecular formula is C20H28FN3O5S. The molecule has 1 heterocycles. The van der Waals surface area contributed by atoms with Crippen molar-refractivity contribution in [1.82, 2.24) is 14.9 Å². The second-order valence-electron chi connectivity index (χ2n) is 7.91. The minimum absolute atomic E-state index is 0.0468. The largest absolute Gasteiger partial charge is 0.490 e. The van der Waals surface area contributed by atoms with Crippen LogP contribution in [0, 0.1) is 11.7 Å². The molecule has 2 aliphatic rings. The Morgan fingerprint density at radius 3 is 2.70 bits per heavy atom. The SMILES string of the molecule is C[C@@H](NS(=O)(=O)CCCCCN1CC(=O)NC1=O)c1cccc(OCC2CC2)c1F. The van der Waals surface area contributed by atoms with Crippen LogP contribution in [-0.2, 0) is 14.8 Å². The van der Waals surface area contributed by atoms with Gasteiger partial charge >= 0.3 is 6.03 Å². The summed E-state index contributed by atoms with van der Waals surface area (Å²) in [4.78, 5) is 24.0. The maximum atomic E-state index is 14.7. The fourth-order valence-electron chi connectivity index (χ4n) is 3.29. The van der Waals surface area contributed by atoms with Gasteiger partial charge < -0.3 is 9.64 Å². The first kappa shape index (κ1) is 22.5. The standard InChI is InChI=1S/C20H28FN3O5S/c1-14(16-6-5-7-17(19(16)21)29-13-15-8-9-15)23-30(27,28)11-4-2-3-10-24-12-18(25)22-20(24)26/h5-7,14-15,23H,2-4,8-13H2,1H3,(H,22,25,26)/t14-/m1/s1. The Labute approximate surface area is 176 Å². The number of ether oxygens (including phenoxy) is 1. The highest BCUT2D eigenvalue weighted by atomic mass is 32.2. The maximum Gasteiger partial charge on any atom is 0.324 e. The zero-order valence-electron chi connectivity index (χ0n) is 17.0. The summed E-state index contributed by atoms with van der Waals surface area (Å²) in [6.07, 6.45) is 3.78. The first-order chi connectivity index (χ1) is 14.2. The van der Waals surface area contributed by atoms with Gasteiger partial charge in [0.05, 0.1) is 12.4 Å². The van der Waals surface area contributed by atoms with Crippen LogP contribution in [0.1, 0.15) is 50.6 Å². The lowest BCUT2D eigenvalue weighted by atomic mass is 10.1. The van der Waals surface area contributed by atoms with Crippen molar-refractivity contribution in [3.63, 3.8) is 0 Å². The van der Waals surface area contributed by atoms with E-state index < -0.39 is 27.9 Å². The third kappa shape index (κ3) is 6.40. The van der Waals surface area contributed by atoms with E-state index >= 15 is 0 Å². The number of nitrogens with zero attached hydrogens (tertiary/aromatic N) is 1. The van der Waals surface area contributed by atoms with Crippen LogP contribution in [0.15, 0.2) is 18.2 Å². The van der Waals surface area contributed by atoms with Crippen LogP contribution in [-0.4, -0.2) is 50.7 Å². The molecule has 1 atom stereocenters. The Kier molecular flexibility index (Phi) is 7.30. The predicted molar refractivity (Wildman–Crippen MR) is 109 cm³/mol. The third-order valence-electron chi connectivity index (χ3n) is 5.20. The van der Waals surface area contributed by atoms with Crippen LogP contribution in [0.25, 0.3) is 0 Å². The topological polar surface area (TPSA) is 105 Å². The van der Waals surface area contributed by atoms with Gasteiger partial charge in [-0.1, -0.05) is 18.6 Å². The van der Waals surface area contributed by atoms with Gasteiger partial charge in [-0.2, -0.15) is 0 Å². The molecule has 3 rings (SSSR count). The molecule has 0 unspecified atom stereocenters. The van der Waals surface area contributed by atoms with Crippen LogP contribution < -0.4 is 14.8 Å². The highest BCUT2D eigenvalue weighted by Crippen LogP contribution is 2.31. The summed E-state index contributed by atoms with van der Waals surface area (Å²) >= 11 is 0. The highest BCUT2D eigenvalue weighted by molar-refractivity contribution is 7.89. The van der Waals surface area contributed by atoms with E-state index in [9.17, 15) is 22.4 Å². The monoisotopic (exact) mass is 441 g/mol. The van der Waals surface area contributed by atoms with Gasteiger partial charge in [-0.3, -0.25) is 10.1 Å². The van der Waals surface area contributed by atoms with E-state index in [4.69, 9.17) is 4.74 Å². The summed E-state index contributed by atoms with van der Waals surface area (Å²) in [7, 11) is -3.60. The Bertz CT molecular complexity index is 888. The van der Waals surface area contributed by atoms with Crippen molar-refractivity contribution < 1.29 is 27.1 Å². The van der Waals surface area contributed by atoms with Gasteiger partial charge in [-0.05, 0) is 44.6 Å². The zero-order valence-corrected chi connectivity index (χ0v) is 17.8. The molecular weight excluding hydrogens is 413 g/mol. The van der Waals surface area contributed by atoms with E-state index in [1.54, 1.807) is 25.1 Å². The number of halogens is 1. The van der Waals surface area contributed by atoms with Crippen LogP contribution >= 0.6 is 0 Å². The zero-order chi connectivity index (χ0) is 21.7. The van der Waals surface area contributed by atoms with Crippen molar-refractivity contribution in [3.05, 3.63) is 29.6 Å². The fraction of sp³-hybridized carbons (Fsp3) is 0.600. The molecule has 0 bridgehead atoms. The lowest BCUT2D eigenvalue weighted by molar-refractivity contribution is -0.118. The van der Waals surface area contributed by atoms with E-state index in [0.717, 1.165) is 12.8 Å². The van der Waals surface area contributed by atoms with Crippen LogP contribution in [0.2, 0.25) is 0 Å². The number of carbonyl (C=O) groups is 2. The maximum absolute atomic E-state index is 14.7. The van der Waals surface area contributed by atoms with Crippen molar-refractivity contribution in [1.29, 1.82) is 0 Å². The number of nitrogens with one attached hydrogen (secondary N) is 2. The Hall–Kier alpha value is -2.20. The molecule has 1 aromatic carbocycles. The van der Waals surface area contributed by atoms with Gasteiger partial charge in [0.15, 0.2) is 11.6 Å². The molecule has 1 saturated heterocycles. The Morgan fingerprint density at radius 2 is 2.03 bits per heavy atom. The second-order valence-corrected chi connectivity index (χ2v) is 9.78. The lowest BCUT2D eigenvalue weighted by Crippen LogP contribution is -2.30. The molecule has 30 heavy (non-hydrogen) atoms. The second kappa shape index (κ2) is 9.74. The average molecular weight is 442 g/mol. The first-order valence-electron chi connectivity index (χ1n) is 10.2. The van der Waals surface area contributed by atoms with Crippen molar-refractivity contribution >= 4 is 22.0 Å². The molecule has 1 aromatic rings. The Balaban J connectivity index is 1.43. The number of rotatable bonds is 12. The molecule has 1 saturated carbocycles. The molecule has 0 spiro atoms. The lowest BCUT2D eigenvalue weighted by Gasteiger charge is -2.17. The molecule has 8 nitrogen and oxygen atoms in total. The van der Waals surface area contributed by atoms with Crippen molar-refractivity contribution in [2.45, 2.75) is 45.1 Å². The summed E-state index contributed by atoms with van der Waals surface area (Å²) < 4.78 is 47.5. The normalized spacial score (nSPS) is 17.9. The van der Waals surface area contributed by atoms with Gasteiger partial charge in [0, 0.05) is 18.2 Å². The van der Waals surface area contributed by atoms with Crippen LogP contribution in [0.5, 0.6) is 5.75 Å². The van der Waals surface area contributed by atoms with E-state index in [1.165, 1.54) is 4.90 Å². The first-order valence-corrected chi connectivity index (χ1v) is 11.9. The molecule has 166 valence electrons. The van der Waals surface area contributed by atoms with Crippen LogP contribution in [0.3, 0.4) is 0 Å². The number of benzene rings is 1. The van der Waals surface area contributed by atoms with E-state index in [2.05, 4.69) is 10.0 Å². The average Bonchev–Trinajstić information content (AvgIpc) is 3.44. The number of unbranched alkanes of at least 4 members (excludes halogenated alkanes) is 2. The molecule has 2 fully saturated rings. The quantitative estimate of drug-likeness (QED) is 0.383. The molecule has 0 radical (unpaired) electrons. The van der Waals surface area contributed by atoms with Crippen molar-refractivity contribution in [2.75, 3.05) is 25.4 Å². The fourth-order valence-corrected chi connectivity index (χ4v) is 4.66. The summed E-state index contributed by atoms with van der Waals surface area (Å²) in [5.41, 5.74) is 0.247. The Morgan fingerprint density at radius 1 is 1.27 bits per heavy atom. The number of urea groups is 1. The van der Waals surface area contributed by atoms with Gasteiger partial charge in [0.1, 0.15) is 6.54 Å². The van der Waals surface area contributed by atoms with E-state index in [0.29, 0.717) is 38.3 Å². The predicted octanol–water partition coefficient (Wildman–Crippen LogP) is 2.32. The molecule has 2 N–H and O–H groups in total. The number of hydrogen-bond acceptors (Lipinski definition) is 5. The smallest absolute Gasteiger partial charge is 0.324 e. The van der Waals surface area contributed by atoms with E-state index in [-0.39, 0.29) is 29.5 Å². The summed E-state index contributed by atoms with van der Waals surface area (Å²) in [6.45, 7) is 2.53. The molecule has 1 aliphatic heterocycles. The van der Waals surface area contributed by atoms with Gasteiger partial charge in [-0.25, -0.2) is 22.3 Å². The van der Waals surface area contributed by atoms with E-state index in [1.807, 2.05) is 0 Å². The minimum atomic E-state index is -3.60. The molecule has 0 aromatic heterocycles. The highest BCUT2D eigenvalue weighted by Gasteiger charge is 2.26. The van der Waals surface area contributed by atoms with Crippen molar-refractivity contribution in [2.24, 2.45) is 5.92 Å². The van der Waals surface area contributed by atoms with Gasteiger partial charge in [-0.15, -0.1) is 0 Å². The molecule has 10 heteroatoms. The van der Waals surface area contributed by atoms with Gasteiger partial charge in [0.25, 0.3) is 0 Å². The number of imide groups is 1. The third-order valence-corrected chi connectivity index (χ3v) is 6.74. The summed E-state index contributed by atoms with van der Waals surface area (Å²) in [5, 5.41) is 2.20. The molecule has 1 aliphatic carbocycles. The molecule has 3 amide bonds. The van der Waals surface area contributed by atoms with Gasteiger partial charge in [0.2, 0.25) is 15.9 Å². The number of hydrogen-bond donors (Lipinski definition) is 2. The number of carbonyl (C=O) groups excluding carboxylic acids is 2. The van der Waals surface area contributed by atoms with Crippen molar-refractivity contribution in [3.8, 4) is 5.75 Å². The number of amides is 3. The van der Waals surface area contributed by atoms with Crippen LogP contribution in [0.4, 0.5) is 9.18 Å².